The Kier molecular flexibility index (Phi) is 3.57. The van der Waals surface area contributed by atoms with Crippen molar-refractivity contribution in [3.63, 3.8) is 0 Å². The molecule has 2 fully saturated rings. The summed E-state index contributed by atoms with van der Waals surface area (Å²) in [5, 5.41) is 0. The van der Waals surface area contributed by atoms with Crippen LogP contribution in [0.5, 0.6) is 0 Å². The molecule has 0 aromatic heterocycles. The molecule has 0 saturated heterocycles. The van der Waals surface area contributed by atoms with E-state index in [4.69, 9.17) is 9.47 Å². The second-order valence-electron chi connectivity index (χ2n) is 6.15. The van der Waals surface area contributed by atoms with Gasteiger partial charge in [-0.2, -0.15) is 0 Å². The predicted molar refractivity (Wildman–Crippen MR) is 72.7 cm³/mol. The first kappa shape index (κ1) is 13.7. The van der Waals surface area contributed by atoms with Gasteiger partial charge in [-0.15, -0.1) is 0 Å². The largest absolute Gasteiger partial charge is 0.469 e. The van der Waals surface area contributed by atoms with Crippen LogP contribution < -0.4 is 0 Å². The Morgan fingerprint density at radius 3 is 1.60 bits per heavy atom. The summed E-state index contributed by atoms with van der Waals surface area (Å²) in [5.74, 6) is -0.744. The Balaban J connectivity index is 2.06. The van der Waals surface area contributed by atoms with Crippen LogP contribution in [0, 0.1) is 23.7 Å². The van der Waals surface area contributed by atoms with Crippen LogP contribution in [0.25, 0.3) is 0 Å². The summed E-state index contributed by atoms with van der Waals surface area (Å²) in [5.41, 5.74) is 2.92. The van der Waals surface area contributed by atoms with Gasteiger partial charge in [0, 0.05) is 0 Å². The van der Waals surface area contributed by atoms with E-state index in [0.717, 1.165) is 38.5 Å². The summed E-state index contributed by atoms with van der Waals surface area (Å²) in [6.45, 7) is 0. The first-order valence-electron chi connectivity index (χ1n) is 7.56. The minimum Gasteiger partial charge on any atom is -0.469 e. The lowest BCUT2D eigenvalue weighted by molar-refractivity contribution is -0.162. The number of rotatable bonds is 2. The third kappa shape index (κ3) is 1.88. The molecular formula is C16H22O4. The Bertz CT molecular complexity index is 423. The van der Waals surface area contributed by atoms with Crippen molar-refractivity contribution in [2.45, 2.75) is 38.5 Å². The van der Waals surface area contributed by atoms with Gasteiger partial charge in [0.05, 0.1) is 26.1 Å². The molecule has 110 valence electrons. The topological polar surface area (TPSA) is 52.6 Å². The molecule has 2 saturated carbocycles. The van der Waals surface area contributed by atoms with E-state index in [1.807, 2.05) is 0 Å². The highest BCUT2D eigenvalue weighted by atomic mass is 16.5. The number of fused-ring (bicyclic) bond motifs is 2. The molecule has 0 aromatic carbocycles. The first-order valence-corrected chi connectivity index (χ1v) is 7.56. The number of carbonyl (C=O) groups excluding carboxylic acids is 2. The number of methoxy groups -OCH3 is 2. The number of hydrogen-bond donors (Lipinski definition) is 0. The maximum atomic E-state index is 12.3. The second kappa shape index (κ2) is 5.23. The molecule has 3 aliphatic carbocycles. The normalized spacial score (nSPS) is 35.5. The van der Waals surface area contributed by atoms with E-state index in [1.54, 1.807) is 0 Å². The van der Waals surface area contributed by atoms with Crippen LogP contribution >= 0.6 is 0 Å². The SMILES string of the molecule is COC(=O)C1C2CCCC2=C2CCCC2C1C(=O)OC. The highest BCUT2D eigenvalue weighted by Gasteiger charge is 2.53. The molecule has 4 atom stereocenters. The molecule has 0 radical (unpaired) electrons. The molecule has 3 aliphatic rings. The molecule has 0 N–H and O–H groups in total. The number of hydrogen-bond acceptors (Lipinski definition) is 4. The van der Waals surface area contributed by atoms with Crippen molar-refractivity contribution in [1.29, 1.82) is 0 Å². The van der Waals surface area contributed by atoms with E-state index >= 15 is 0 Å². The van der Waals surface area contributed by atoms with Gasteiger partial charge in [-0.05, 0) is 50.4 Å². The van der Waals surface area contributed by atoms with Gasteiger partial charge >= 0.3 is 11.9 Å². The van der Waals surface area contributed by atoms with Gasteiger partial charge in [0.1, 0.15) is 0 Å². The Morgan fingerprint density at radius 1 is 0.850 bits per heavy atom. The van der Waals surface area contributed by atoms with Gasteiger partial charge in [0.15, 0.2) is 0 Å². The monoisotopic (exact) mass is 278 g/mol. The molecule has 0 spiro atoms. The maximum absolute atomic E-state index is 12.3. The van der Waals surface area contributed by atoms with Crippen molar-refractivity contribution in [3.05, 3.63) is 11.1 Å². The molecule has 3 rings (SSSR count). The van der Waals surface area contributed by atoms with E-state index in [2.05, 4.69) is 0 Å². The lowest BCUT2D eigenvalue weighted by atomic mass is 9.65. The highest BCUT2D eigenvalue weighted by molar-refractivity contribution is 5.84. The van der Waals surface area contributed by atoms with Crippen LogP contribution in [0.15, 0.2) is 11.1 Å². The fourth-order valence-corrected chi connectivity index (χ4v) is 4.73. The molecule has 4 unspecified atom stereocenters. The van der Waals surface area contributed by atoms with Gasteiger partial charge < -0.3 is 9.47 Å². The molecule has 0 bridgehead atoms. The zero-order valence-electron chi connectivity index (χ0n) is 12.2. The summed E-state index contributed by atoms with van der Waals surface area (Å²) in [4.78, 5) is 24.6. The quantitative estimate of drug-likeness (QED) is 0.575. The van der Waals surface area contributed by atoms with Gasteiger partial charge in [-0.1, -0.05) is 11.1 Å². The van der Waals surface area contributed by atoms with Crippen LogP contribution in [-0.4, -0.2) is 26.2 Å². The summed E-state index contributed by atoms with van der Waals surface area (Å²) >= 11 is 0. The average Bonchev–Trinajstić information content (AvgIpc) is 3.11. The maximum Gasteiger partial charge on any atom is 0.310 e. The lowest BCUT2D eigenvalue weighted by Crippen LogP contribution is -2.43. The fourth-order valence-electron chi connectivity index (χ4n) is 4.73. The van der Waals surface area contributed by atoms with Crippen LogP contribution in [0.2, 0.25) is 0 Å². The average molecular weight is 278 g/mol. The Labute approximate surface area is 119 Å². The molecule has 4 heteroatoms. The molecule has 0 aromatic rings. The van der Waals surface area contributed by atoms with E-state index in [9.17, 15) is 9.59 Å². The molecule has 0 amide bonds. The Morgan fingerprint density at radius 2 is 1.25 bits per heavy atom. The van der Waals surface area contributed by atoms with E-state index in [0.29, 0.717) is 0 Å². The zero-order valence-corrected chi connectivity index (χ0v) is 12.2. The van der Waals surface area contributed by atoms with Gasteiger partial charge in [-0.3, -0.25) is 9.59 Å². The van der Waals surface area contributed by atoms with Crippen molar-refractivity contribution in [2.75, 3.05) is 14.2 Å². The third-order valence-electron chi connectivity index (χ3n) is 5.43. The molecule has 0 aliphatic heterocycles. The van der Waals surface area contributed by atoms with Crippen molar-refractivity contribution >= 4 is 11.9 Å². The number of allylic oxidation sites excluding steroid dienone is 2. The van der Waals surface area contributed by atoms with Crippen molar-refractivity contribution in [2.24, 2.45) is 23.7 Å². The number of ether oxygens (including phenoxy) is 2. The lowest BCUT2D eigenvalue weighted by Gasteiger charge is -2.38. The number of esters is 2. The first-order chi connectivity index (χ1) is 9.69. The molecule has 4 nitrogen and oxygen atoms in total. The van der Waals surface area contributed by atoms with Gasteiger partial charge in [0.25, 0.3) is 0 Å². The van der Waals surface area contributed by atoms with E-state index < -0.39 is 0 Å². The minimum atomic E-state index is -0.336. The summed E-state index contributed by atoms with van der Waals surface area (Å²) < 4.78 is 10.0. The summed E-state index contributed by atoms with van der Waals surface area (Å²) in [7, 11) is 2.83. The van der Waals surface area contributed by atoms with E-state index in [-0.39, 0.29) is 35.6 Å². The summed E-state index contributed by atoms with van der Waals surface area (Å²) in [6.07, 6.45) is 6.43. The third-order valence-corrected chi connectivity index (χ3v) is 5.43. The Hall–Kier alpha value is -1.32. The number of carbonyl (C=O) groups is 2. The van der Waals surface area contributed by atoms with Crippen LogP contribution in [0.4, 0.5) is 0 Å². The molecular weight excluding hydrogens is 256 g/mol. The van der Waals surface area contributed by atoms with Crippen molar-refractivity contribution in [1.82, 2.24) is 0 Å². The highest BCUT2D eigenvalue weighted by Crippen LogP contribution is 2.55. The fraction of sp³-hybridized carbons (Fsp3) is 0.750. The van der Waals surface area contributed by atoms with Crippen LogP contribution in [0.3, 0.4) is 0 Å². The van der Waals surface area contributed by atoms with Crippen LogP contribution in [-0.2, 0) is 19.1 Å². The predicted octanol–water partition coefficient (Wildman–Crippen LogP) is 2.48. The van der Waals surface area contributed by atoms with Crippen molar-refractivity contribution in [3.8, 4) is 0 Å². The zero-order chi connectivity index (χ0) is 14.3. The van der Waals surface area contributed by atoms with E-state index in [1.165, 1.54) is 25.4 Å². The second-order valence-corrected chi connectivity index (χ2v) is 6.15. The molecule has 20 heavy (non-hydrogen) atoms. The summed E-state index contributed by atoms with van der Waals surface area (Å²) in [6, 6.07) is 0. The minimum absolute atomic E-state index is 0.205. The molecule has 0 heterocycles. The van der Waals surface area contributed by atoms with Gasteiger partial charge in [-0.25, -0.2) is 0 Å². The van der Waals surface area contributed by atoms with Gasteiger partial charge in [0.2, 0.25) is 0 Å². The van der Waals surface area contributed by atoms with Crippen molar-refractivity contribution < 1.29 is 19.1 Å². The standard InChI is InChI=1S/C16H22O4/c1-19-15(17)13-11-7-3-5-9(11)10-6-4-8-12(10)14(13)16(18)20-2/h11-14H,3-8H2,1-2H3. The van der Waals surface area contributed by atoms with Crippen LogP contribution in [0.1, 0.15) is 38.5 Å². The smallest absolute Gasteiger partial charge is 0.310 e.